The van der Waals surface area contributed by atoms with Crippen LogP contribution in [0.15, 0.2) is 24.3 Å². The molecule has 1 aliphatic carbocycles. The number of rotatable bonds is 4. The lowest BCUT2D eigenvalue weighted by atomic mass is 9.71. The number of aliphatic hydroxyl groups is 1. The molecule has 1 atom stereocenters. The Bertz CT molecular complexity index is 283. The molecule has 0 radical (unpaired) electrons. The Morgan fingerprint density at radius 1 is 1.12 bits per heavy atom. The van der Waals surface area contributed by atoms with Gasteiger partial charge in [-0.15, -0.1) is 13.2 Å². The minimum Gasteiger partial charge on any atom is -0.392 e. The monoisotopic (exact) mass is 222 g/mol. The highest BCUT2D eigenvalue weighted by Gasteiger charge is 2.51. The molecule has 0 amide bonds. The van der Waals surface area contributed by atoms with Crippen LogP contribution in [0.3, 0.4) is 0 Å². The summed E-state index contributed by atoms with van der Waals surface area (Å²) in [7, 11) is 0. The quantitative estimate of drug-likeness (QED) is 0.710. The van der Waals surface area contributed by atoms with Gasteiger partial charge in [0.2, 0.25) is 0 Å². The van der Waals surface area contributed by atoms with E-state index in [1.54, 1.807) is 0 Å². The molecule has 0 saturated heterocycles. The second-order valence-electron chi connectivity index (χ2n) is 6.52. The Kier molecular flexibility index (Phi) is 3.69. The van der Waals surface area contributed by atoms with E-state index in [1.807, 2.05) is 0 Å². The molecular weight excluding hydrogens is 196 g/mol. The van der Waals surface area contributed by atoms with Crippen LogP contribution in [0.2, 0.25) is 0 Å². The van der Waals surface area contributed by atoms with Gasteiger partial charge >= 0.3 is 0 Å². The molecular formula is C15H26O. The highest BCUT2D eigenvalue weighted by atomic mass is 16.3. The third-order valence-corrected chi connectivity index (χ3v) is 3.90. The molecule has 0 aromatic heterocycles. The summed E-state index contributed by atoms with van der Waals surface area (Å²) in [5.74, 6) is 0. The normalized spacial score (nSPS) is 26.7. The largest absolute Gasteiger partial charge is 0.392 e. The topological polar surface area (TPSA) is 20.2 Å². The molecule has 0 aliphatic heterocycles. The molecule has 0 bridgehead atoms. The van der Waals surface area contributed by atoms with Crippen LogP contribution in [-0.4, -0.2) is 11.2 Å². The van der Waals surface area contributed by atoms with Crippen LogP contribution < -0.4 is 0 Å². The first-order chi connectivity index (χ1) is 7.19. The second kappa shape index (κ2) is 4.37. The van der Waals surface area contributed by atoms with Crippen LogP contribution in [0.4, 0.5) is 0 Å². The van der Waals surface area contributed by atoms with E-state index >= 15 is 0 Å². The van der Waals surface area contributed by atoms with Crippen molar-refractivity contribution < 1.29 is 5.11 Å². The van der Waals surface area contributed by atoms with Crippen molar-refractivity contribution in [3.8, 4) is 0 Å². The second-order valence-corrected chi connectivity index (χ2v) is 6.52. The maximum atomic E-state index is 10.6. The van der Waals surface area contributed by atoms with Gasteiger partial charge < -0.3 is 5.11 Å². The summed E-state index contributed by atoms with van der Waals surface area (Å²) in [5.41, 5.74) is 2.35. The molecule has 16 heavy (non-hydrogen) atoms. The Balaban J connectivity index is 2.97. The first kappa shape index (κ1) is 13.5. The first-order valence-corrected chi connectivity index (χ1v) is 6.16. The van der Waals surface area contributed by atoms with Crippen molar-refractivity contribution >= 4 is 0 Å². The van der Waals surface area contributed by atoms with E-state index in [0.717, 1.165) is 36.8 Å². The summed E-state index contributed by atoms with van der Waals surface area (Å²) in [6, 6.07) is 0. The number of hydrogen-bond acceptors (Lipinski definition) is 1. The van der Waals surface area contributed by atoms with E-state index in [4.69, 9.17) is 0 Å². The molecule has 92 valence electrons. The predicted molar refractivity (Wildman–Crippen MR) is 70.3 cm³/mol. The molecule has 1 fully saturated rings. The minimum atomic E-state index is -0.242. The summed E-state index contributed by atoms with van der Waals surface area (Å²) in [6.07, 6.45) is 3.78. The van der Waals surface area contributed by atoms with Crippen molar-refractivity contribution in [1.82, 2.24) is 0 Å². The highest BCUT2D eigenvalue weighted by Crippen LogP contribution is 2.54. The molecule has 0 spiro atoms. The Hall–Kier alpha value is -0.560. The lowest BCUT2D eigenvalue weighted by molar-refractivity contribution is -0.00905. The van der Waals surface area contributed by atoms with Gasteiger partial charge in [-0.2, -0.15) is 0 Å². The molecule has 0 aromatic rings. The summed E-state index contributed by atoms with van der Waals surface area (Å²) in [6.45, 7) is 16.5. The lowest BCUT2D eigenvalue weighted by Gasteiger charge is -2.37. The van der Waals surface area contributed by atoms with Crippen molar-refractivity contribution in [2.24, 2.45) is 10.8 Å². The van der Waals surface area contributed by atoms with Crippen molar-refractivity contribution in [2.75, 3.05) is 0 Å². The lowest BCUT2D eigenvalue weighted by Crippen LogP contribution is -2.37. The fourth-order valence-corrected chi connectivity index (χ4v) is 3.31. The van der Waals surface area contributed by atoms with Crippen LogP contribution in [0, 0.1) is 10.8 Å². The van der Waals surface area contributed by atoms with Crippen LogP contribution in [0.5, 0.6) is 0 Å². The molecule has 0 heterocycles. The van der Waals surface area contributed by atoms with E-state index in [1.165, 1.54) is 0 Å². The third-order valence-electron chi connectivity index (χ3n) is 3.90. The molecule has 1 nitrogen and oxygen atoms in total. The van der Waals surface area contributed by atoms with Crippen LogP contribution in [-0.2, 0) is 0 Å². The minimum absolute atomic E-state index is 0.0127. The van der Waals surface area contributed by atoms with Crippen molar-refractivity contribution in [1.29, 1.82) is 0 Å². The molecule has 1 saturated carbocycles. The zero-order valence-corrected chi connectivity index (χ0v) is 11.3. The van der Waals surface area contributed by atoms with Gasteiger partial charge in [0, 0.05) is 5.41 Å². The van der Waals surface area contributed by atoms with Gasteiger partial charge in [0.15, 0.2) is 0 Å². The van der Waals surface area contributed by atoms with E-state index < -0.39 is 0 Å². The van der Waals surface area contributed by atoms with E-state index in [9.17, 15) is 5.11 Å². The van der Waals surface area contributed by atoms with Crippen LogP contribution in [0.1, 0.15) is 53.4 Å². The number of allylic oxidation sites excluding steroid dienone is 2. The molecule has 1 aliphatic rings. The van der Waals surface area contributed by atoms with E-state index in [-0.39, 0.29) is 16.9 Å². The zero-order chi connectivity index (χ0) is 12.6. The third kappa shape index (κ3) is 2.57. The van der Waals surface area contributed by atoms with Gasteiger partial charge in [-0.1, -0.05) is 25.0 Å². The van der Waals surface area contributed by atoms with E-state index in [0.29, 0.717) is 0 Å². The van der Waals surface area contributed by atoms with Gasteiger partial charge in [0.25, 0.3) is 0 Å². The van der Waals surface area contributed by atoms with Gasteiger partial charge in [-0.25, -0.2) is 0 Å². The maximum Gasteiger partial charge on any atom is 0.0653 e. The fourth-order valence-electron chi connectivity index (χ4n) is 3.31. The summed E-state index contributed by atoms with van der Waals surface area (Å²) < 4.78 is 0. The number of aliphatic hydroxyl groups excluding tert-OH is 1. The zero-order valence-electron chi connectivity index (χ0n) is 11.3. The highest BCUT2D eigenvalue weighted by molar-refractivity contribution is 5.12. The van der Waals surface area contributed by atoms with E-state index in [2.05, 4.69) is 40.9 Å². The predicted octanol–water partition coefficient (Wildman–Crippen LogP) is 4.09. The average molecular weight is 222 g/mol. The average Bonchev–Trinajstić information content (AvgIpc) is 2.29. The smallest absolute Gasteiger partial charge is 0.0653 e. The number of hydrogen-bond donors (Lipinski definition) is 1. The summed E-state index contributed by atoms with van der Waals surface area (Å²) in [4.78, 5) is 0. The van der Waals surface area contributed by atoms with Gasteiger partial charge in [0.1, 0.15) is 0 Å². The molecule has 0 unspecified atom stereocenters. The Morgan fingerprint density at radius 3 is 1.81 bits per heavy atom. The molecule has 1 N–H and O–H groups in total. The van der Waals surface area contributed by atoms with Crippen LogP contribution in [0.25, 0.3) is 0 Å². The molecule has 1 rings (SSSR count). The SMILES string of the molecule is C=C(C)CC1(CC(=C)C)CCC(C)(C)[C@@H]1O. The van der Waals surface area contributed by atoms with Crippen LogP contribution >= 0.6 is 0 Å². The van der Waals surface area contributed by atoms with Crippen molar-refractivity contribution in [2.45, 2.75) is 59.5 Å². The Morgan fingerprint density at radius 2 is 1.56 bits per heavy atom. The van der Waals surface area contributed by atoms with Crippen molar-refractivity contribution in [3.05, 3.63) is 24.3 Å². The van der Waals surface area contributed by atoms with Gasteiger partial charge in [-0.3, -0.25) is 0 Å². The first-order valence-electron chi connectivity index (χ1n) is 6.16. The summed E-state index contributed by atoms with van der Waals surface area (Å²) >= 11 is 0. The fraction of sp³-hybridized carbons (Fsp3) is 0.733. The standard InChI is InChI=1S/C15H26O/c1-11(2)9-15(10-12(3)4)8-7-14(5,6)13(15)16/h13,16H,1,3,7-10H2,2,4-6H3/t13-/m0/s1. The summed E-state index contributed by atoms with van der Waals surface area (Å²) in [5, 5.41) is 10.6. The molecule has 0 aromatic carbocycles. The maximum absolute atomic E-state index is 10.6. The Labute approximate surface area is 100 Å². The van der Waals surface area contributed by atoms with Crippen molar-refractivity contribution in [3.63, 3.8) is 0 Å². The van der Waals surface area contributed by atoms with Gasteiger partial charge in [0.05, 0.1) is 6.10 Å². The van der Waals surface area contributed by atoms with Gasteiger partial charge in [-0.05, 0) is 44.9 Å². The molecule has 1 heteroatoms.